The van der Waals surface area contributed by atoms with Crippen molar-refractivity contribution in [2.24, 2.45) is 0 Å². The molecule has 13 heavy (non-hydrogen) atoms. The fraction of sp³-hybridized carbons (Fsp3) is 0.833. The third kappa shape index (κ3) is 5.98. The van der Waals surface area contributed by atoms with E-state index in [-0.39, 0.29) is 40.5 Å². The topological polar surface area (TPSA) is 46.6 Å². The molecular weight excluding hydrogens is 221 g/mol. The first-order valence-corrected chi connectivity index (χ1v) is 5.34. The monoisotopic (exact) mass is 235 g/mol. The van der Waals surface area contributed by atoms with Crippen LogP contribution in [0.3, 0.4) is 0 Å². The van der Waals surface area contributed by atoms with Crippen LogP contribution < -0.4 is 0 Å². The SMILES string of the molecule is CCCOS(=O)(=O)C(=S)N(C)C.[NaH]. The average molecular weight is 235 g/mol. The van der Waals surface area contributed by atoms with Gasteiger partial charge in [0.05, 0.1) is 6.61 Å². The molecular formula is C6H14NNaO3S2. The molecule has 0 aliphatic rings. The van der Waals surface area contributed by atoms with Crippen LogP contribution in [0.25, 0.3) is 0 Å². The fourth-order valence-corrected chi connectivity index (χ4v) is 1.55. The van der Waals surface area contributed by atoms with Gasteiger partial charge in [-0.15, -0.1) is 0 Å². The molecule has 4 nitrogen and oxygen atoms in total. The van der Waals surface area contributed by atoms with Crippen LogP contribution in [0, 0.1) is 0 Å². The molecule has 0 fully saturated rings. The molecule has 0 unspecified atom stereocenters. The minimum absolute atomic E-state index is 0. The maximum absolute atomic E-state index is 11.1. The van der Waals surface area contributed by atoms with E-state index in [1.165, 1.54) is 4.90 Å². The van der Waals surface area contributed by atoms with Gasteiger partial charge in [0, 0.05) is 14.1 Å². The summed E-state index contributed by atoms with van der Waals surface area (Å²) in [6, 6.07) is 0. The van der Waals surface area contributed by atoms with Gasteiger partial charge in [0.1, 0.15) is 0 Å². The first-order valence-electron chi connectivity index (χ1n) is 3.52. The second-order valence-corrected chi connectivity index (χ2v) is 4.61. The van der Waals surface area contributed by atoms with Crippen molar-refractivity contribution in [3.05, 3.63) is 0 Å². The van der Waals surface area contributed by atoms with Crippen LogP contribution in [0.15, 0.2) is 0 Å². The van der Waals surface area contributed by atoms with Crippen molar-refractivity contribution in [3.8, 4) is 0 Å². The Balaban J connectivity index is 0. The first-order chi connectivity index (χ1) is 5.41. The van der Waals surface area contributed by atoms with E-state index in [4.69, 9.17) is 0 Å². The molecule has 74 valence electrons. The molecule has 0 heterocycles. The summed E-state index contributed by atoms with van der Waals surface area (Å²) in [6.45, 7) is 2.00. The number of nitrogens with zero attached hydrogens (tertiary/aromatic N) is 1. The molecule has 0 aliphatic carbocycles. The Labute approximate surface area is 107 Å². The Morgan fingerprint density at radius 1 is 1.46 bits per heavy atom. The molecule has 0 aromatic heterocycles. The van der Waals surface area contributed by atoms with E-state index >= 15 is 0 Å². The van der Waals surface area contributed by atoms with Crippen molar-refractivity contribution < 1.29 is 12.6 Å². The molecule has 0 aromatic rings. The van der Waals surface area contributed by atoms with Crippen LogP contribution in [-0.2, 0) is 14.3 Å². The number of thiocarbonyl (C=S) groups is 1. The van der Waals surface area contributed by atoms with Gasteiger partial charge in [-0.1, -0.05) is 6.92 Å². The fourth-order valence-electron chi connectivity index (χ4n) is 0.467. The third-order valence-corrected chi connectivity index (χ3v) is 3.27. The first kappa shape index (κ1) is 16.2. The van der Waals surface area contributed by atoms with Gasteiger partial charge in [-0.2, -0.15) is 8.42 Å². The molecule has 0 saturated carbocycles. The Kier molecular flexibility index (Phi) is 8.92. The predicted molar refractivity (Wildman–Crippen MR) is 58.6 cm³/mol. The summed E-state index contributed by atoms with van der Waals surface area (Å²) >= 11 is 4.64. The molecule has 0 radical (unpaired) electrons. The molecule has 0 aliphatic heterocycles. The van der Waals surface area contributed by atoms with Gasteiger partial charge in [0.25, 0.3) is 0 Å². The Bertz CT molecular complexity index is 251. The molecule has 7 heteroatoms. The summed E-state index contributed by atoms with van der Waals surface area (Å²) in [5, 5.41) is 0. The van der Waals surface area contributed by atoms with E-state index in [1.807, 2.05) is 6.92 Å². The summed E-state index contributed by atoms with van der Waals surface area (Å²) in [7, 11) is -0.535. The number of hydrogen-bond acceptors (Lipinski definition) is 4. The van der Waals surface area contributed by atoms with E-state index in [0.717, 1.165) is 0 Å². The van der Waals surface area contributed by atoms with Crippen molar-refractivity contribution in [3.63, 3.8) is 0 Å². The molecule has 0 rings (SSSR count). The summed E-state index contributed by atoms with van der Waals surface area (Å²) in [5.74, 6) is 0. The van der Waals surface area contributed by atoms with E-state index in [2.05, 4.69) is 16.4 Å². The van der Waals surface area contributed by atoms with E-state index in [0.29, 0.717) is 6.42 Å². The van der Waals surface area contributed by atoms with Gasteiger partial charge in [-0.05, 0) is 18.6 Å². The van der Waals surface area contributed by atoms with Gasteiger partial charge < -0.3 is 4.90 Å². The van der Waals surface area contributed by atoms with Crippen LogP contribution in [0.5, 0.6) is 0 Å². The van der Waals surface area contributed by atoms with Gasteiger partial charge >= 0.3 is 39.7 Å². The second-order valence-electron chi connectivity index (χ2n) is 2.44. The molecule has 0 atom stereocenters. The second kappa shape index (κ2) is 7.14. The van der Waals surface area contributed by atoms with Gasteiger partial charge in [-0.3, -0.25) is 4.18 Å². The van der Waals surface area contributed by atoms with Crippen molar-refractivity contribution in [2.75, 3.05) is 20.7 Å². The predicted octanol–water partition coefficient (Wildman–Crippen LogP) is -0.0592. The quantitative estimate of drug-likeness (QED) is 0.390. The van der Waals surface area contributed by atoms with Crippen molar-refractivity contribution in [1.29, 1.82) is 0 Å². The zero-order valence-corrected chi connectivity index (χ0v) is 9.04. The van der Waals surface area contributed by atoms with Crippen LogP contribution >= 0.6 is 12.2 Å². The van der Waals surface area contributed by atoms with Crippen molar-refractivity contribution >= 4 is 56.2 Å². The normalized spacial score (nSPS) is 10.4. The van der Waals surface area contributed by atoms with Crippen molar-refractivity contribution in [1.82, 2.24) is 4.90 Å². The van der Waals surface area contributed by atoms with E-state index in [1.54, 1.807) is 14.1 Å². The Morgan fingerprint density at radius 2 is 1.92 bits per heavy atom. The van der Waals surface area contributed by atoms with Crippen molar-refractivity contribution in [2.45, 2.75) is 13.3 Å². The minimum atomic E-state index is -3.66. The molecule has 0 amide bonds. The summed E-state index contributed by atoms with van der Waals surface area (Å²) in [4.78, 5) is 1.33. The molecule has 0 aromatic carbocycles. The van der Waals surface area contributed by atoms with Crippen LogP contribution in [0.4, 0.5) is 0 Å². The average Bonchev–Trinajstić information content (AvgIpc) is 1.99. The van der Waals surface area contributed by atoms with E-state index < -0.39 is 10.1 Å². The van der Waals surface area contributed by atoms with Gasteiger partial charge in [0.15, 0.2) is 0 Å². The van der Waals surface area contributed by atoms with Crippen LogP contribution in [0.2, 0.25) is 0 Å². The van der Waals surface area contributed by atoms with Crippen LogP contribution in [-0.4, -0.2) is 67.9 Å². The van der Waals surface area contributed by atoms with Gasteiger partial charge in [0.2, 0.25) is 4.32 Å². The third-order valence-electron chi connectivity index (χ3n) is 1.02. The van der Waals surface area contributed by atoms with Gasteiger partial charge in [-0.25, -0.2) is 0 Å². The zero-order valence-electron chi connectivity index (χ0n) is 7.40. The Morgan fingerprint density at radius 3 is 2.23 bits per heavy atom. The van der Waals surface area contributed by atoms with E-state index in [9.17, 15) is 8.42 Å². The van der Waals surface area contributed by atoms with Crippen LogP contribution in [0.1, 0.15) is 13.3 Å². The maximum atomic E-state index is 11.1. The molecule has 0 N–H and O–H groups in total. The Hall–Kier alpha value is 0.800. The summed E-state index contributed by atoms with van der Waals surface area (Å²) < 4.78 is 26.7. The summed E-state index contributed by atoms with van der Waals surface area (Å²) in [6.07, 6.45) is 0.648. The number of hydrogen-bond donors (Lipinski definition) is 0. The standard InChI is InChI=1S/C6H13NO3S2.Na.H/c1-4-5-10-12(8,9)6(11)7(2)3;;/h4-5H2,1-3H3;;. The number of rotatable bonds is 3. The molecule has 0 saturated heterocycles. The molecule has 0 bridgehead atoms. The molecule has 0 spiro atoms. The zero-order chi connectivity index (χ0) is 9.78. The summed E-state index contributed by atoms with van der Waals surface area (Å²) in [5.41, 5.74) is 0.